The molecular weight excluding hydrogens is 266 g/mol. The molecule has 16 heavy (non-hydrogen) atoms. The number of hydrogen-bond donors (Lipinski definition) is 0. The molecule has 0 aliphatic heterocycles. The highest BCUT2D eigenvalue weighted by atomic mass is 35.6. The maximum atomic E-state index is 5.60. The van der Waals surface area contributed by atoms with Crippen LogP contribution in [0.15, 0.2) is 36.5 Å². The molecule has 0 unspecified atom stereocenters. The van der Waals surface area contributed by atoms with Crippen molar-refractivity contribution in [3.05, 3.63) is 42.2 Å². The molecule has 0 saturated carbocycles. The van der Waals surface area contributed by atoms with Crippen LogP contribution in [-0.2, 0) is 0 Å². The zero-order valence-electron chi connectivity index (χ0n) is 8.07. The molecule has 2 aromatic rings. The Kier molecular flexibility index (Phi) is 3.33. The standard InChI is InChI=1S/C11H7Cl3N2/c12-11(13,14)6-5-8-7-15-9-3-1-2-4-10(9)16-8/h1-7H. The third-order valence-corrected chi connectivity index (χ3v) is 2.29. The molecule has 1 aromatic heterocycles. The lowest BCUT2D eigenvalue weighted by Crippen LogP contribution is -1.94. The SMILES string of the molecule is ClC(Cl)(Cl)C=Cc1cnc2ccccc2n1. The predicted molar refractivity (Wildman–Crippen MR) is 68.9 cm³/mol. The number of rotatable bonds is 1. The van der Waals surface area contributed by atoms with Crippen molar-refractivity contribution in [2.75, 3.05) is 0 Å². The molecule has 0 spiro atoms. The zero-order valence-corrected chi connectivity index (χ0v) is 10.3. The van der Waals surface area contributed by atoms with E-state index in [1.54, 1.807) is 12.3 Å². The number of hydrogen-bond acceptors (Lipinski definition) is 2. The summed E-state index contributed by atoms with van der Waals surface area (Å²) in [6.07, 6.45) is 4.71. The summed E-state index contributed by atoms with van der Waals surface area (Å²) in [6, 6.07) is 7.59. The van der Waals surface area contributed by atoms with Crippen LogP contribution < -0.4 is 0 Å². The molecular formula is C11H7Cl3N2. The summed E-state index contributed by atoms with van der Waals surface area (Å²) in [5.41, 5.74) is 2.31. The van der Waals surface area contributed by atoms with E-state index in [0.717, 1.165) is 11.0 Å². The highest BCUT2D eigenvalue weighted by molar-refractivity contribution is 6.69. The predicted octanol–water partition coefficient (Wildman–Crippen LogP) is 4.01. The quantitative estimate of drug-likeness (QED) is 0.734. The van der Waals surface area contributed by atoms with E-state index < -0.39 is 3.79 Å². The van der Waals surface area contributed by atoms with Crippen LogP contribution in [0.25, 0.3) is 17.1 Å². The summed E-state index contributed by atoms with van der Waals surface area (Å²) < 4.78 is -1.41. The minimum absolute atomic E-state index is 0.657. The molecule has 0 N–H and O–H groups in total. The number of para-hydroxylation sites is 2. The lowest BCUT2D eigenvalue weighted by molar-refractivity contribution is 1.26. The van der Waals surface area contributed by atoms with Crippen molar-refractivity contribution in [3.8, 4) is 0 Å². The van der Waals surface area contributed by atoms with Crippen LogP contribution in [0.3, 0.4) is 0 Å². The van der Waals surface area contributed by atoms with Gasteiger partial charge in [-0.05, 0) is 24.3 Å². The molecule has 0 radical (unpaired) electrons. The van der Waals surface area contributed by atoms with E-state index in [2.05, 4.69) is 9.97 Å². The van der Waals surface area contributed by atoms with Gasteiger partial charge < -0.3 is 0 Å². The van der Waals surface area contributed by atoms with Gasteiger partial charge in [0.25, 0.3) is 0 Å². The monoisotopic (exact) mass is 272 g/mol. The van der Waals surface area contributed by atoms with Crippen LogP contribution in [-0.4, -0.2) is 13.8 Å². The molecule has 0 aliphatic rings. The van der Waals surface area contributed by atoms with Crippen LogP contribution in [0.1, 0.15) is 5.69 Å². The van der Waals surface area contributed by atoms with Crippen LogP contribution >= 0.6 is 34.8 Å². The van der Waals surface area contributed by atoms with Crippen molar-refractivity contribution < 1.29 is 0 Å². The Hall–Kier alpha value is -0.830. The van der Waals surface area contributed by atoms with E-state index in [1.165, 1.54) is 6.08 Å². The number of halogens is 3. The molecule has 2 rings (SSSR count). The summed E-state index contributed by atoms with van der Waals surface area (Å²) >= 11 is 16.8. The lowest BCUT2D eigenvalue weighted by Gasteiger charge is -2.02. The van der Waals surface area contributed by atoms with Gasteiger partial charge in [-0.25, -0.2) is 4.98 Å². The van der Waals surface area contributed by atoms with Crippen molar-refractivity contribution >= 4 is 51.9 Å². The van der Waals surface area contributed by atoms with Gasteiger partial charge in [0, 0.05) is 0 Å². The Morgan fingerprint density at radius 1 is 1.06 bits per heavy atom. The lowest BCUT2D eigenvalue weighted by atomic mass is 10.3. The van der Waals surface area contributed by atoms with Gasteiger partial charge in [0.2, 0.25) is 3.79 Å². The average Bonchev–Trinajstić information content (AvgIpc) is 2.25. The number of allylic oxidation sites excluding steroid dienone is 1. The second-order valence-electron chi connectivity index (χ2n) is 3.16. The number of fused-ring (bicyclic) bond motifs is 1. The van der Waals surface area contributed by atoms with Gasteiger partial charge in [0.05, 0.1) is 22.9 Å². The van der Waals surface area contributed by atoms with Crippen LogP contribution in [0.2, 0.25) is 0 Å². The van der Waals surface area contributed by atoms with Gasteiger partial charge in [-0.15, -0.1) is 0 Å². The molecule has 0 saturated heterocycles. The smallest absolute Gasteiger partial charge is 0.209 e. The van der Waals surface area contributed by atoms with Gasteiger partial charge in [0.15, 0.2) is 0 Å². The fraction of sp³-hybridized carbons (Fsp3) is 0.0909. The first-order chi connectivity index (χ1) is 7.54. The van der Waals surface area contributed by atoms with Gasteiger partial charge in [-0.3, -0.25) is 4.98 Å². The normalized spacial score (nSPS) is 12.4. The molecule has 2 nitrogen and oxygen atoms in total. The molecule has 0 atom stereocenters. The highest BCUT2D eigenvalue weighted by Gasteiger charge is 2.13. The maximum Gasteiger partial charge on any atom is 0.209 e. The minimum Gasteiger partial charge on any atom is -0.252 e. The van der Waals surface area contributed by atoms with E-state index in [4.69, 9.17) is 34.8 Å². The molecule has 0 bridgehead atoms. The third kappa shape index (κ3) is 3.08. The molecule has 1 heterocycles. The summed E-state index contributed by atoms with van der Waals surface area (Å²) in [5, 5.41) is 0. The van der Waals surface area contributed by atoms with Crippen LogP contribution in [0.5, 0.6) is 0 Å². The minimum atomic E-state index is -1.41. The second kappa shape index (κ2) is 4.58. The van der Waals surface area contributed by atoms with E-state index in [0.29, 0.717) is 5.69 Å². The number of aromatic nitrogens is 2. The molecule has 0 amide bonds. The fourth-order valence-corrected chi connectivity index (χ4v) is 1.42. The first-order valence-electron chi connectivity index (χ1n) is 4.52. The number of benzene rings is 1. The van der Waals surface area contributed by atoms with Crippen LogP contribution in [0, 0.1) is 0 Å². The van der Waals surface area contributed by atoms with E-state index in [-0.39, 0.29) is 0 Å². The molecule has 0 fully saturated rings. The summed E-state index contributed by atoms with van der Waals surface area (Å²) in [6.45, 7) is 0. The van der Waals surface area contributed by atoms with Crippen molar-refractivity contribution in [2.24, 2.45) is 0 Å². The maximum absolute atomic E-state index is 5.60. The van der Waals surface area contributed by atoms with Crippen LogP contribution in [0.4, 0.5) is 0 Å². The second-order valence-corrected chi connectivity index (χ2v) is 5.53. The van der Waals surface area contributed by atoms with E-state index >= 15 is 0 Å². The van der Waals surface area contributed by atoms with Crippen molar-refractivity contribution in [3.63, 3.8) is 0 Å². The molecule has 82 valence electrons. The van der Waals surface area contributed by atoms with Gasteiger partial charge >= 0.3 is 0 Å². The van der Waals surface area contributed by atoms with E-state index in [1.807, 2.05) is 24.3 Å². The first-order valence-corrected chi connectivity index (χ1v) is 5.66. The zero-order chi connectivity index (χ0) is 11.6. The molecule has 5 heteroatoms. The van der Waals surface area contributed by atoms with Crippen molar-refractivity contribution in [1.29, 1.82) is 0 Å². The summed E-state index contributed by atoms with van der Waals surface area (Å²) in [7, 11) is 0. The van der Waals surface area contributed by atoms with Gasteiger partial charge in [-0.1, -0.05) is 46.9 Å². The summed E-state index contributed by atoms with van der Waals surface area (Å²) in [5.74, 6) is 0. The van der Waals surface area contributed by atoms with Crippen molar-refractivity contribution in [2.45, 2.75) is 3.79 Å². The highest BCUT2D eigenvalue weighted by Crippen LogP contribution is 2.28. The Balaban J connectivity index is 2.37. The number of nitrogens with zero attached hydrogens (tertiary/aromatic N) is 2. The largest absolute Gasteiger partial charge is 0.252 e. The topological polar surface area (TPSA) is 25.8 Å². The Labute approximate surface area is 108 Å². The Morgan fingerprint density at radius 3 is 2.44 bits per heavy atom. The molecule has 0 aliphatic carbocycles. The fourth-order valence-electron chi connectivity index (χ4n) is 1.23. The Morgan fingerprint density at radius 2 is 1.75 bits per heavy atom. The first kappa shape index (κ1) is 11.6. The Bertz CT molecular complexity index is 532. The molecule has 1 aromatic carbocycles. The number of alkyl halides is 3. The van der Waals surface area contributed by atoms with Gasteiger partial charge in [0.1, 0.15) is 0 Å². The average molecular weight is 274 g/mol. The summed E-state index contributed by atoms with van der Waals surface area (Å²) in [4.78, 5) is 8.59. The van der Waals surface area contributed by atoms with Gasteiger partial charge in [-0.2, -0.15) is 0 Å². The van der Waals surface area contributed by atoms with E-state index in [9.17, 15) is 0 Å². The van der Waals surface area contributed by atoms with Crippen molar-refractivity contribution in [1.82, 2.24) is 9.97 Å². The third-order valence-electron chi connectivity index (χ3n) is 1.91.